The molecule has 0 bridgehead atoms. The maximum atomic E-state index is 12.3. The first kappa shape index (κ1) is 18.2. The van der Waals surface area contributed by atoms with Crippen molar-refractivity contribution in [3.05, 3.63) is 53.9 Å². The van der Waals surface area contributed by atoms with Crippen molar-refractivity contribution in [3.8, 4) is 5.75 Å². The van der Waals surface area contributed by atoms with Gasteiger partial charge in [-0.25, -0.2) is 0 Å². The number of methoxy groups -OCH3 is 1. The van der Waals surface area contributed by atoms with E-state index < -0.39 is 0 Å². The Labute approximate surface area is 153 Å². The maximum absolute atomic E-state index is 12.3. The summed E-state index contributed by atoms with van der Waals surface area (Å²) in [4.78, 5) is 16.4. The van der Waals surface area contributed by atoms with Gasteiger partial charge in [-0.3, -0.25) is 9.78 Å². The molecule has 0 aliphatic carbocycles. The molecule has 1 amide bonds. The van der Waals surface area contributed by atoms with Crippen LogP contribution in [0.4, 0.5) is 5.69 Å². The standard InChI is InChI=1S/C20H25N3O3/c1-25-19-7-3-2-5-15(19)8-9-22-17-11-16(12-21-13-17)20(24)23-14-18-6-4-10-26-18/h2-3,5,7,11-13,18,22H,4,6,8-10,14H2,1H3,(H,23,24). The fraction of sp³-hybridized carbons (Fsp3) is 0.400. The Kier molecular flexibility index (Phi) is 6.44. The zero-order valence-electron chi connectivity index (χ0n) is 15.0. The lowest BCUT2D eigenvalue weighted by atomic mass is 10.1. The number of ether oxygens (including phenoxy) is 2. The lowest BCUT2D eigenvalue weighted by Crippen LogP contribution is -2.31. The van der Waals surface area contributed by atoms with Crippen LogP contribution in [-0.4, -0.2) is 43.8 Å². The number of benzene rings is 1. The van der Waals surface area contributed by atoms with E-state index in [1.165, 1.54) is 0 Å². The second-order valence-corrected chi connectivity index (χ2v) is 6.30. The molecule has 1 saturated heterocycles. The smallest absolute Gasteiger partial charge is 0.253 e. The van der Waals surface area contributed by atoms with Crippen LogP contribution in [0.1, 0.15) is 28.8 Å². The molecule has 1 fully saturated rings. The molecular formula is C20H25N3O3. The first-order valence-electron chi connectivity index (χ1n) is 8.97. The molecule has 1 aromatic carbocycles. The van der Waals surface area contributed by atoms with Crippen molar-refractivity contribution in [1.82, 2.24) is 10.3 Å². The molecule has 0 radical (unpaired) electrons. The van der Waals surface area contributed by atoms with E-state index in [1.807, 2.05) is 30.3 Å². The van der Waals surface area contributed by atoms with Gasteiger partial charge in [-0.1, -0.05) is 18.2 Å². The van der Waals surface area contributed by atoms with Crippen LogP contribution in [0.25, 0.3) is 0 Å². The third-order valence-electron chi connectivity index (χ3n) is 4.43. The van der Waals surface area contributed by atoms with Gasteiger partial charge in [0.1, 0.15) is 5.75 Å². The number of nitrogens with one attached hydrogen (secondary N) is 2. The Morgan fingerprint density at radius 1 is 1.35 bits per heavy atom. The van der Waals surface area contributed by atoms with Crippen LogP contribution < -0.4 is 15.4 Å². The Hall–Kier alpha value is -2.60. The molecule has 6 heteroatoms. The van der Waals surface area contributed by atoms with Crippen molar-refractivity contribution in [2.75, 3.05) is 32.1 Å². The van der Waals surface area contributed by atoms with E-state index in [9.17, 15) is 4.79 Å². The van der Waals surface area contributed by atoms with E-state index in [-0.39, 0.29) is 12.0 Å². The molecule has 1 aliphatic rings. The van der Waals surface area contributed by atoms with Gasteiger partial charge in [0.05, 0.1) is 24.5 Å². The quantitative estimate of drug-likeness (QED) is 0.762. The van der Waals surface area contributed by atoms with Gasteiger partial charge in [-0.15, -0.1) is 0 Å². The fourth-order valence-corrected chi connectivity index (χ4v) is 3.03. The molecule has 138 valence electrons. The number of amides is 1. The van der Waals surface area contributed by atoms with Crippen molar-refractivity contribution in [1.29, 1.82) is 0 Å². The first-order chi connectivity index (χ1) is 12.8. The number of aromatic nitrogens is 1. The molecule has 1 aromatic heterocycles. The number of pyridine rings is 1. The molecule has 3 rings (SSSR count). The highest BCUT2D eigenvalue weighted by Gasteiger charge is 2.16. The number of rotatable bonds is 8. The van der Waals surface area contributed by atoms with Gasteiger partial charge in [0.15, 0.2) is 0 Å². The topological polar surface area (TPSA) is 72.5 Å². The largest absolute Gasteiger partial charge is 0.496 e. The Morgan fingerprint density at radius 2 is 2.23 bits per heavy atom. The van der Waals surface area contributed by atoms with Crippen LogP contribution in [0.5, 0.6) is 5.75 Å². The third kappa shape index (κ3) is 4.95. The summed E-state index contributed by atoms with van der Waals surface area (Å²) in [7, 11) is 1.68. The van der Waals surface area contributed by atoms with E-state index in [1.54, 1.807) is 19.5 Å². The maximum Gasteiger partial charge on any atom is 0.253 e. The Morgan fingerprint density at radius 3 is 3.04 bits per heavy atom. The summed E-state index contributed by atoms with van der Waals surface area (Å²) in [5.74, 6) is 0.760. The summed E-state index contributed by atoms with van der Waals surface area (Å²) < 4.78 is 10.9. The molecule has 6 nitrogen and oxygen atoms in total. The van der Waals surface area contributed by atoms with Crippen LogP contribution in [0.15, 0.2) is 42.7 Å². The summed E-state index contributed by atoms with van der Waals surface area (Å²) in [5.41, 5.74) is 2.51. The van der Waals surface area contributed by atoms with Crippen molar-refractivity contribution >= 4 is 11.6 Å². The number of hydrogen-bond donors (Lipinski definition) is 2. The second kappa shape index (κ2) is 9.20. The van der Waals surface area contributed by atoms with Crippen LogP contribution in [0.2, 0.25) is 0 Å². The van der Waals surface area contributed by atoms with Crippen LogP contribution in [0, 0.1) is 0 Å². The molecule has 0 spiro atoms. The molecule has 1 unspecified atom stereocenters. The minimum absolute atomic E-state index is 0.124. The zero-order chi connectivity index (χ0) is 18.2. The van der Waals surface area contributed by atoms with Gasteiger partial charge in [0, 0.05) is 32.1 Å². The van der Waals surface area contributed by atoms with E-state index in [2.05, 4.69) is 15.6 Å². The molecule has 2 heterocycles. The number of hydrogen-bond acceptors (Lipinski definition) is 5. The lowest BCUT2D eigenvalue weighted by molar-refractivity contribution is 0.0857. The average molecular weight is 355 g/mol. The third-order valence-corrected chi connectivity index (χ3v) is 4.43. The first-order valence-corrected chi connectivity index (χ1v) is 8.97. The monoisotopic (exact) mass is 355 g/mol. The van der Waals surface area contributed by atoms with Gasteiger partial charge in [0.25, 0.3) is 5.91 Å². The number of carbonyl (C=O) groups is 1. The molecule has 26 heavy (non-hydrogen) atoms. The Bertz CT molecular complexity index is 730. The molecule has 1 aliphatic heterocycles. The van der Waals surface area contributed by atoms with Crippen LogP contribution in [0.3, 0.4) is 0 Å². The minimum atomic E-state index is -0.124. The summed E-state index contributed by atoms with van der Waals surface area (Å²) in [6, 6.07) is 9.78. The normalized spacial score (nSPS) is 16.3. The highest BCUT2D eigenvalue weighted by molar-refractivity contribution is 5.94. The molecule has 1 atom stereocenters. The highest BCUT2D eigenvalue weighted by atomic mass is 16.5. The number of nitrogens with zero attached hydrogens (tertiary/aromatic N) is 1. The van der Waals surface area contributed by atoms with E-state index in [0.29, 0.717) is 12.1 Å². The van der Waals surface area contributed by atoms with Crippen molar-refractivity contribution in [2.45, 2.75) is 25.4 Å². The van der Waals surface area contributed by atoms with Crippen molar-refractivity contribution in [2.24, 2.45) is 0 Å². The van der Waals surface area contributed by atoms with Crippen LogP contribution >= 0.6 is 0 Å². The predicted octanol–water partition coefficient (Wildman–Crippen LogP) is 2.65. The van der Waals surface area contributed by atoms with E-state index >= 15 is 0 Å². The summed E-state index contributed by atoms with van der Waals surface area (Å²) in [6.45, 7) is 2.06. The predicted molar refractivity (Wildman–Crippen MR) is 101 cm³/mol. The summed E-state index contributed by atoms with van der Waals surface area (Å²) in [5, 5.41) is 6.23. The number of anilines is 1. The molecular weight excluding hydrogens is 330 g/mol. The van der Waals surface area contributed by atoms with Gasteiger partial charge in [-0.05, 0) is 37.0 Å². The minimum Gasteiger partial charge on any atom is -0.496 e. The zero-order valence-corrected chi connectivity index (χ0v) is 15.0. The van der Waals surface area contributed by atoms with Crippen LogP contribution in [-0.2, 0) is 11.2 Å². The summed E-state index contributed by atoms with van der Waals surface area (Å²) >= 11 is 0. The number of carbonyl (C=O) groups excluding carboxylic acids is 1. The van der Waals surface area contributed by atoms with E-state index in [4.69, 9.17) is 9.47 Å². The average Bonchev–Trinajstić information content (AvgIpc) is 3.20. The van der Waals surface area contributed by atoms with Crippen molar-refractivity contribution in [3.63, 3.8) is 0 Å². The summed E-state index contributed by atoms with van der Waals surface area (Å²) in [6.07, 6.45) is 6.32. The fourth-order valence-electron chi connectivity index (χ4n) is 3.03. The van der Waals surface area contributed by atoms with Gasteiger partial charge >= 0.3 is 0 Å². The van der Waals surface area contributed by atoms with E-state index in [0.717, 1.165) is 49.4 Å². The van der Waals surface area contributed by atoms with Crippen molar-refractivity contribution < 1.29 is 14.3 Å². The molecule has 0 saturated carbocycles. The van der Waals surface area contributed by atoms with Gasteiger partial charge < -0.3 is 20.1 Å². The Balaban J connectivity index is 1.51. The number of para-hydroxylation sites is 1. The lowest BCUT2D eigenvalue weighted by Gasteiger charge is -2.12. The SMILES string of the molecule is COc1ccccc1CCNc1cncc(C(=O)NCC2CCCO2)c1. The van der Waals surface area contributed by atoms with Gasteiger partial charge in [0.2, 0.25) is 0 Å². The van der Waals surface area contributed by atoms with Gasteiger partial charge in [-0.2, -0.15) is 0 Å². The molecule has 2 aromatic rings. The molecule has 2 N–H and O–H groups in total. The highest BCUT2D eigenvalue weighted by Crippen LogP contribution is 2.18. The second-order valence-electron chi connectivity index (χ2n) is 6.30.